The van der Waals surface area contributed by atoms with Crippen LogP contribution in [0.4, 0.5) is 10.1 Å². The summed E-state index contributed by atoms with van der Waals surface area (Å²) >= 11 is 2.12. The molecule has 0 spiro atoms. The lowest BCUT2D eigenvalue weighted by Gasteiger charge is -2.09. The zero-order chi connectivity index (χ0) is 13.9. The van der Waals surface area contributed by atoms with Gasteiger partial charge in [-0.2, -0.15) is 0 Å². The van der Waals surface area contributed by atoms with Crippen LogP contribution in [0, 0.1) is 9.39 Å². The highest BCUT2D eigenvalue weighted by molar-refractivity contribution is 14.1. The van der Waals surface area contributed by atoms with Crippen molar-refractivity contribution in [3.8, 4) is 0 Å². The molecule has 20 heavy (non-hydrogen) atoms. The van der Waals surface area contributed by atoms with Gasteiger partial charge in [-0.3, -0.25) is 4.98 Å². The van der Waals surface area contributed by atoms with Gasteiger partial charge in [0, 0.05) is 14.6 Å². The molecule has 2 nitrogen and oxygen atoms in total. The van der Waals surface area contributed by atoms with E-state index in [1.54, 1.807) is 6.07 Å². The third-order valence-electron chi connectivity index (χ3n) is 3.05. The van der Waals surface area contributed by atoms with Gasteiger partial charge in [0.25, 0.3) is 0 Å². The monoisotopic (exact) mass is 378 g/mol. The first-order valence-electron chi connectivity index (χ1n) is 6.26. The maximum atomic E-state index is 13.0. The van der Waals surface area contributed by atoms with Crippen LogP contribution in [0.2, 0.25) is 0 Å². The lowest BCUT2D eigenvalue weighted by molar-refractivity contribution is 0.627. The topological polar surface area (TPSA) is 24.9 Å². The molecular formula is C16H12FIN2. The Morgan fingerprint density at radius 3 is 2.75 bits per heavy atom. The molecule has 0 aliphatic carbocycles. The van der Waals surface area contributed by atoms with E-state index in [0.29, 0.717) is 6.54 Å². The smallest absolute Gasteiger partial charge is 0.124 e. The summed E-state index contributed by atoms with van der Waals surface area (Å²) in [6.07, 6.45) is 0. The van der Waals surface area contributed by atoms with E-state index in [2.05, 4.69) is 39.0 Å². The van der Waals surface area contributed by atoms with E-state index in [9.17, 15) is 4.39 Å². The van der Waals surface area contributed by atoms with Gasteiger partial charge < -0.3 is 5.32 Å². The second-order valence-corrected chi connectivity index (χ2v) is 5.64. The van der Waals surface area contributed by atoms with Crippen molar-refractivity contribution in [1.82, 2.24) is 4.98 Å². The Morgan fingerprint density at radius 2 is 1.90 bits per heavy atom. The van der Waals surface area contributed by atoms with Gasteiger partial charge in [-0.25, -0.2) is 4.39 Å². The highest BCUT2D eigenvalue weighted by atomic mass is 127. The van der Waals surface area contributed by atoms with Crippen LogP contribution >= 0.6 is 22.6 Å². The van der Waals surface area contributed by atoms with Crippen molar-refractivity contribution in [1.29, 1.82) is 0 Å². The predicted molar refractivity (Wildman–Crippen MR) is 88.2 cm³/mol. The van der Waals surface area contributed by atoms with Crippen LogP contribution < -0.4 is 5.32 Å². The molecule has 0 aliphatic rings. The summed E-state index contributed by atoms with van der Waals surface area (Å²) in [4.78, 5) is 4.60. The lowest BCUT2D eigenvalue weighted by Crippen LogP contribution is -2.03. The minimum absolute atomic E-state index is 0.219. The molecule has 0 saturated carbocycles. The van der Waals surface area contributed by atoms with E-state index in [-0.39, 0.29) is 5.82 Å². The molecule has 100 valence electrons. The molecule has 0 saturated heterocycles. The van der Waals surface area contributed by atoms with E-state index < -0.39 is 0 Å². The Balaban J connectivity index is 1.79. The Kier molecular flexibility index (Phi) is 3.82. The number of halogens is 2. The minimum Gasteiger partial charge on any atom is -0.379 e. The average molecular weight is 378 g/mol. The molecule has 1 N–H and O–H groups in total. The van der Waals surface area contributed by atoms with Gasteiger partial charge in [-0.05, 0) is 52.9 Å². The SMILES string of the molecule is Fc1ccc(NCc2ccc3ccccc3n2)c(I)c1. The highest BCUT2D eigenvalue weighted by Gasteiger charge is 2.02. The van der Waals surface area contributed by atoms with Crippen molar-refractivity contribution < 1.29 is 4.39 Å². The Morgan fingerprint density at radius 1 is 1.05 bits per heavy atom. The number of hydrogen-bond acceptors (Lipinski definition) is 2. The normalized spacial score (nSPS) is 10.7. The molecule has 2 aromatic carbocycles. The van der Waals surface area contributed by atoms with Crippen LogP contribution in [-0.4, -0.2) is 4.98 Å². The zero-order valence-corrected chi connectivity index (χ0v) is 12.8. The molecule has 1 aromatic heterocycles. The summed E-state index contributed by atoms with van der Waals surface area (Å²) < 4.78 is 13.9. The van der Waals surface area contributed by atoms with Crippen molar-refractivity contribution in [3.63, 3.8) is 0 Å². The Bertz CT molecular complexity index is 758. The molecule has 0 unspecified atom stereocenters. The quantitative estimate of drug-likeness (QED) is 0.675. The van der Waals surface area contributed by atoms with Gasteiger partial charge in [0.1, 0.15) is 5.82 Å². The third-order valence-corrected chi connectivity index (χ3v) is 3.94. The molecule has 4 heteroatoms. The summed E-state index contributed by atoms with van der Waals surface area (Å²) in [6, 6.07) is 16.8. The van der Waals surface area contributed by atoms with Crippen molar-refractivity contribution in [2.75, 3.05) is 5.32 Å². The number of benzene rings is 2. The van der Waals surface area contributed by atoms with Crippen molar-refractivity contribution in [3.05, 3.63) is 69.7 Å². The minimum atomic E-state index is -0.219. The van der Waals surface area contributed by atoms with Crippen LogP contribution in [0.25, 0.3) is 10.9 Å². The van der Waals surface area contributed by atoms with Crippen LogP contribution in [0.3, 0.4) is 0 Å². The van der Waals surface area contributed by atoms with Gasteiger partial charge in [0.2, 0.25) is 0 Å². The number of nitrogens with zero attached hydrogens (tertiary/aromatic N) is 1. The van der Waals surface area contributed by atoms with E-state index in [1.165, 1.54) is 12.1 Å². The van der Waals surface area contributed by atoms with Gasteiger partial charge in [-0.1, -0.05) is 24.3 Å². The average Bonchev–Trinajstić information content (AvgIpc) is 2.46. The number of rotatable bonds is 3. The van der Waals surface area contributed by atoms with Crippen molar-refractivity contribution in [2.24, 2.45) is 0 Å². The van der Waals surface area contributed by atoms with E-state index in [0.717, 1.165) is 25.9 Å². The number of fused-ring (bicyclic) bond motifs is 1. The second-order valence-electron chi connectivity index (χ2n) is 4.47. The van der Waals surface area contributed by atoms with E-state index in [1.807, 2.05) is 30.3 Å². The summed E-state index contributed by atoms with van der Waals surface area (Å²) in [7, 11) is 0. The molecule has 0 fully saturated rings. The molecule has 0 aliphatic heterocycles. The number of hydrogen-bond donors (Lipinski definition) is 1. The largest absolute Gasteiger partial charge is 0.379 e. The second kappa shape index (κ2) is 5.75. The molecule has 0 atom stereocenters. The molecular weight excluding hydrogens is 366 g/mol. The summed E-state index contributed by atoms with van der Waals surface area (Å²) in [6.45, 7) is 0.618. The fraction of sp³-hybridized carbons (Fsp3) is 0.0625. The first-order valence-corrected chi connectivity index (χ1v) is 7.34. The van der Waals surface area contributed by atoms with Gasteiger partial charge in [-0.15, -0.1) is 0 Å². The van der Waals surface area contributed by atoms with Crippen LogP contribution in [-0.2, 0) is 6.54 Å². The van der Waals surface area contributed by atoms with Crippen LogP contribution in [0.5, 0.6) is 0 Å². The molecule has 3 rings (SSSR count). The third kappa shape index (κ3) is 2.90. The van der Waals surface area contributed by atoms with Crippen LogP contribution in [0.1, 0.15) is 5.69 Å². The van der Waals surface area contributed by atoms with E-state index >= 15 is 0 Å². The summed E-state index contributed by atoms with van der Waals surface area (Å²) in [5.74, 6) is -0.219. The van der Waals surface area contributed by atoms with Crippen molar-refractivity contribution >= 4 is 39.2 Å². The molecule has 0 radical (unpaired) electrons. The van der Waals surface area contributed by atoms with Gasteiger partial charge in [0.05, 0.1) is 17.8 Å². The molecule has 3 aromatic rings. The predicted octanol–water partition coefficient (Wildman–Crippen LogP) is 4.59. The van der Waals surface area contributed by atoms with Gasteiger partial charge in [0.15, 0.2) is 0 Å². The molecule has 0 bridgehead atoms. The number of nitrogens with one attached hydrogen (secondary N) is 1. The number of anilines is 1. The van der Waals surface area contributed by atoms with Crippen molar-refractivity contribution in [2.45, 2.75) is 6.54 Å². The lowest BCUT2D eigenvalue weighted by atomic mass is 10.2. The van der Waals surface area contributed by atoms with E-state index in [4.69, 9.17) is 0 Å². The zero-order valence-electron chi connectivity index (χ0n) is 10.6. The number of pyridine rings is 1. The standard InChI is InChI=1S/C16H12FIN2/c17-12-6-8-16(14(18)9-12)19-10-13-7-5-11-3-1-2-4-15(11)20-13/h1-9,19H,10H2. The summed E-state index contributed by atoms with van der Waals surface area (Å²) in [5, 5.41) is 4.42. The Labute approximate surface area is 130 Å². The maximum Gasteiger partial charge on any atom is 0.124 e. The van der Waals surface area contributed by atoms with Gasteiger partial charge >= 0.3 is 0 Å². The Hall–Kier alpha value is -1.69. The first kappa shape index (κ1) is 13.3. The first-order chi connectivity index (χ1) is 9.72. The number of aromatic nitrogens is 1. The maximum absolute atomic E-state index is 13.0. The highest BCUT2D eigenvalue weighted by Crippen LogP contribution is 2.20. The molecule has 0 amide bonds. The number of para-hydroxylation sites is 1. The molecule has 1 heterocycles. The van der Waals surface area contributed by atoms with Crippen LogP contribution in [0.15, 0.2) is 54.6 Å². The summed E-state index contributed by atoms with van der Waals surface area (Å²) in [5.41, 5.74) is 2.87. The fourth-order valence-corrected chi connectivity index (χ4v) is 2.69. The fourth-order valence-electron chi connectivity index (χ4n) is 2.03.